The van der Waals surface area contributed by atoms with Crippen LogP contribution in [0, 0.1) is 0 Å². The van der Waals surface area contributed by atoms with Gasteiger partial charge in [-0.3, -0.25) is 9.88 Å². The number of aromatic nitrogens is 5. The van der Waals surface area contributed by atoms with Gasteiger partial charge in [0.15, 0.2) is 0 Å². The summed E-state index contributed by atoms with van der Waals surface area (Å²) in [5.41, 5.74) is 3.86. The van der Waals surface area contributed by atoms with Crippen LogP contribution in [0.1, 0.15) is 30.3 Å². The summed E-state index contributed by atoms with van der Waals surface area (Å²) in [6, 6.07) is 9.87. The van der Waals surface area contributed by atoms with E-state index in [4.69, 9.17) is 9.51 Å². The van der Waals surface area contributed by atoms with Gasteiger partial charge in [0.25, 0.3) is 0 Å². The fraction of sp³-hybridized carbons (Fsp3) is 0.263. The minimum atomic E-state index is -0.0525. The van der Waals surface area contributed by atoms with E-state index in [9.17, 15) is 0 Å². The van der Waals surface area contributed by atoms with Gasteiger partial charge in [0, 0.05) is 18.0 Å². The number of nitrogens with zero attached hydrogens (tertiary/aromatic N) is 5. The maximum atomic E-state index is 5.69. The topological polar surface area (TPSA) is 83.7 Å². The molecule has 1 aromatic carbocycles. The van der Waals surface area contributed by atoms with Crippen LogP contribution in [0.2, 0.25) is 0 Å². The molecule has 4 heterocycles. The van der Waals surface area contributed by atoms with Gasteiger partial charge in [0.2, 0.25) is 11.7 Å². The summed E-state index contributed by atoms with van der Waals surface area (Å²) in [6.45, 7) is 2.05. The number of H-pyrrole nitrogens is 1. The minimum absolute atomic E-state index is 0.0525. The summed E-state index contributed by atoms with van der Waals surface area (Å²) >= 11 is 0. The summed E-state index contributed by atoms with van der Waals surface area (Å²) in [7, 11) is 0. The normalized spacial score (nSPS) is 16.3. The molecule has 0 radical (unpaired) electrons. The Morgan fingerprint density at radius 2 is 2.08 bits per heavy atom. The van der Waals surface area contributed by atoms with E-state index in [1.807, 2.05) is 30.5 Å². The van der Waals surface area contributed by atoms with Gasteiger partial charge in [-0.15, -0.1) is 0 Å². The van der Waals surface area contributed by atoms with Gasteiger partial charge in [0.1, 0.15) is 6.04 Å². The summed E-state index contributed by atoms with van der Waals surface area (Å²) in [4.78, 5) is 18.7. The van der Waals surface area contributed by atoms with Crippen molar-refractivity contribution in [3.05, 3.63) is 60.5 Å². The van der Waals surface area contributed by atoms with E-state index in [1.165, 1.54) is 12.8 Å². The number of aromatic amines is 1. The van der Waals surface area contributed by atoms with Crippen LogP contribution < -0.4 is 0 Å². The molecule has 7 nitrogen and oxygen atoms in total. The predicted molar refractivity (Wildman–Crippen MR) is 96.3 cm³/mol. The molecule has 1 unspecified atom stereocenters. The van der Waals surface area contributed by atoms with E-state index < -0.39 is 0 Å². The Hall–Kier alpha value is -3.06. The lowest BCUT2D eigenvalue weighted by Gasteiger charge is -2.24. The first-order chi connectivity index (χ1) is 12.9. The first kappa shape index (κ1) is 15.2. The van der Waals surface area contributed by atoms with Crippen molar-refractivity contribution >= 4 is 11.0 Å². The molecular weight excluding hydrogens is 328 g/mol. The standard InChI is InChI=1S/C19H18N6O/c1-2-9-25(8-1)17(14-4-3-7-20-11-14)19-23-18(24-26-19)13-5-6-15-16(10-13)22-12-21-15/h3-7,10-12,17H,1-2,8-9H2,(H,21,22). The Kier molecular flexibility index (Phi) is 3.71. The molecule has 1 fully saturated rings. The molecule has 1 aliphatic heterocycles. The van der Waals surface area contributed by atoms with Crippen molar-refractivity contribution < 1.29 is 4.52 Å². The maximum absolute atomic E-state index is 5.69. The zero-order valence-corrected chi connectivity index (χ0v) is 14.2. The second-order valence-corrected chi connectivity index (χ2v) is 6.52. The Balaban J connectivity index is 1.53. The summed E-state index contributed by atoms with van der Waals surface area (Å²) in [6.07, 6.45) is 7.72. The van der Waals surface area contributed by atoms with Crippen LogP contribution in [0.4, 0.5) is 0 Å². The highest BCUT2D eigenvalue weighted by Gasteiger charge is 2.30. The third-order valence-corrected chi connectivity index (χ3v) is 4.86. The van der Waals surface area contributed by atoms with Gasteiger partial charge >= 0.3 is 0 Å². The SMILES string of the molecule is c1cncc(C(c2nc(-c3ccc4nc[nH]c4c3)no2)N2CCCC2)c1. The number of rotatable bonds is 4. The van der Waals surface area contributed by atoms with E-state index >= 15 is 0 Å². The molecule has 4 aromatic rings. The van der Waals surface area contributed by atoms with Gasteiger partial charge in [-0.1, -0.05) is 11.2 Å². The largest absolute Gasteiger partial charge is 0.345 e. The van der Waals surface area contributed by atoms with Crippen molar-refractivity contribution in [3.8, 4) is 11.4 Å². The number of hydrogen-bond acceptors (Lipinski definition) is 6. The Bertz CT molecular complexity index is 1020. The van der Waals surface area contributed by atoms with E-state index in [-0.39, 0.29) is 6.04 Å². The lowest BCUT2D eigenvalue weighted by molar-refractivity contribution is 0.225. The van der Waals surface area contributed by atoms with E-state index in [0.717, 1.165) is 35.2 Å². The highest BCUT2D eigenvalue weighted by atomic mass is 16.5. The molecule has 1 N–H and O–H groups in total. The highest BCUT2D eigenvalue weighted by molar-refractivity contribution is 5.79. The fourth-order valence-electron chi connectivity index (χ4n) is 3.59. The van der Waals surface area contributed by atoms with Crippen molar-refractivity contribution in [1.29, 1.82) is 0 Å². The molecule has 0 amide bonds. The minimum Gasteiger partial charge on any atom is -0.345 e. The fourth-order valence-corrected chi connectivity index (χ4v) is 3.59. The molecule has 0 aliphatic carbocycles. The Morgan fingerprint density at radius 3 is 2.92 bits per heavy atom. The number of fused-ring (bicyclic) bond motifs is 1. The van der Waals surface area contributed by atoms with E-state index in [0.29, 0.717) is 11.7 Å². The van der Waals surface area contributed by atoms with Crippen LogP contribution in [0.5, 0.6) is 0 Å². The zero-order chi connectivity index (χ0) is 17.3. The quantitative estimate of drug-likeness (QED) is 0.611. The van der Waals surface area contributed by atoms with Crippen LogP contribution in [-0.2, 0) is 0 Å². The monoisotopic (exact) mass is 346 g/mol. The Labute approximate surface area is 150 Å². The molecule has 5 rings (SSSR count). The van der Waals surface area contributed by atoms with Crippen LogP contribution in [0.3, 0.4) is 0 Å². The molecule has 1 aliphatic rings. The predicted octanol–water partition coefficient (Wildman–Crippen LogP) is 3.19. The van der Waals surface area contributed by atoms with Gasteiger partial charge < -0.3 is 9.51 Å². The number of imidazole rings is 1. The molecule has 130 valence electrons. The van der Waals surface area contributed by atoms with Gasteiger partial charge in [-0.2, -0.15) is 4.98 Å². The van der Waals surface area contributed by atoms with Crippen molar-refractivity contribution in [2.24, 2.45) is 0 Å². The summed E-state index contributed by atoms with van der Waals surface area (Å²) in [5.74, 6) is 1.20. The summed E-state index contributed by atoms with van der Waals surface area (Å²) < 4.78 is 5.69. The number of pyridine rings is 1. The smallest absolute Gasteiger partial charge is 0.248 e. The molecule has 26 heavy (non-hydrogen) atoms. The number of hydrogen-bond donors (Lipinski definition) is 1. The lowest BCUT2D eigenvalue weighted by Crippen LogP contribution is -2.27. The van der Waals surface area contributed by atoms with Gasteiger partial charge in [0.05, 0.1) is 17.4 Å². The second kappa shape index (κ2) is 6.34. The highest BCUT2D eigenvalue weighted by Crippen LogP contribution is 2.31. The van der Waals surface area contributed by atoms with E-state index in [1.54, 1.807) is 12.5 Å². The molecule has 3 aromatic heterocycles. The van der Waals surface area contributed by atoms with Crippen molar-refractivity contribution in [2.45, 2.75) is 18.9 Å². The van der Waals surface area contributed by atoms with Crippen LogP contribution >= 0.6 is 0 Å². The second-order valence-electron chi connectivity index (χ2n) is 6.52. The summed E-state index contributed by atoms with van der Waals surface area (Å²) in [5, 5.41) is 4.23. The van der Waals surface area contributed by atoms with Crippen molar-refractivity contribution in [1.82, 2.24) is 30.0 Å². The molecular formula is C19H18N6O. The molecule has 0 bridgehead atoms. The zero-order valence-electron chi connectivity index (χ0n) is 14.2. The third kappa shape index (κ3) is 2.66. The molecule has 0 saturated carbocycles. The first-order valence-corrected chi connectivity index (χ1v) is 8.79. The lowest BCUT2D eigenvalue weighted by atomic mass is 10.1. The molecule has 1 saturated heterocycles. The average Bonchev–Trinajstić information content (AvgIpc) is 3.44. The van der Waals surface area contributed by atoms with Crippen LogP contribution in [-0.4, -0.2) is 43.1 Å². The molecule has 1 atom stereocenters. The Morgan fingerprint density at radius 1 is 1.15 bits per heavy atom. The number of benzene rings is 1. The molecule has 0 spiro atoms. The van der Waals surface area contributed by atoms with Gasteiger partial charge in [-0.05, 0) is 55.8 Å². The third-order valence-electron chi connectivity index (χ3n) is 4.86. The average molecular weight is 346 g/mol. The molecule has 7 heteroatoms. The maximum Gasteiger partial charge on any atom is 0.248 e. The van der Waals surface area contributed by atoms with E-state index in [2.05, 4.69) is 31.1 Å². The van der Waals surface area contributed by atoms with Crippen LogP contribution in [0.15, 0.2) is 53.6 Å². The van der Waals surface area contributed by atoms with Gasteiger partial charge in [-0.25, -0.2) is 4.98 Å². The van der Waals surface area contributed by atoms with Crippen LogP contribution in [0.25, 0.3) is 22.4 Å². The first-order valence-electron chi connectivity index (χ1n) is 8.79. The number of likely N-dealkylation sites (tertiary alicyclic amines) is 1. The van der Waals surface area contributed by atoms with Crippen molar-refractivity contribution in [3.63, 3.8) is 0 Å². The number of nitrogens with one attached hydrogen (secondary N) is 1. The van der Waals surface area contributed by atoms with Crippen molar-refractivity contribution in [2.75, 3.05) is 13.1 Å².